The Morgan fingerprint density at radius 3 is 2.09 bits per heavy atom. The van der Waals surface area contributed by atoms with Gasteiger partial charge in [0, 0.05) is 6.54 Å². The standard InChI is InChI=1S/C27H30N2O5S/c1-34-24-11-7-21(8-12-24)22-9-13-25(14-10-22)35(32,33)28-26(27(30)31)23-15-17-29(18-16-23)19-20-5-3-2-4-6-20/h2-14,23,26,28H,15-19H2,1H3,(H,30,31). The fourth-order valence-electron chi connectivity index (χ4n) is 4.48. The zero-order valence-electron chi connectivity index (χ0n) is 19.6. The van der Waals surface area contributed by atoms with E-state index in [0.717, 1.165) is 36.5 Å². The molecule has 35 heavy (non-hydrogen) atoms. The lowest BCUT2D eigenvalue weighted by Gasteiger charge is -2.34. The van der Waals surface area contributed by atoms with E-state index < -0.39 is 22.0 Å². The third-order valence-electron chi connectivity index (χ3n) is 6.49. The van der Waals surface area contributed by atoms with E-state index in [0.29, 0.717) is 12.8 Å². The van der Waals surface area contributed by atoms with Gasteiger partial charge in [0.15, 0.2) is 0 Å². The van der Waals surface area contributed by atoms with Gasteiger partial charge in [-0.25, -0.2) is 8.42 Å². The van der Waals surface area contributed by atoms with E-state index in [1.165, 1.54) is 17.7 Å². The SMILES string of the molecule is COc1ccc(-c2ccc(S(=O)(=O)NC(C(=O)O)C3CCN(Cc4ccccc4)CC3)cc2)cc1. The number of aliphatic carboxylic acids is 1. The summed E-state index contributed by atoms with van der Waals surface area (Å²) in [7, 11) is -2.39. The summed E-state index contributed by atoms with van der Waals surface area (Å²) < 4.78 is 33.7. The van der Waals surface area contributed by atoms with Crippen LogP contribution in [0.1, 0.15) is 18.4 Å². The fourth-order valence-corrected chi connectivity index (χ4v) is 5.74. The van der Waals surface area contributed by atoms with Crippen LogP contribution in [0, 0.1) is 5.92 Å². The maximum absolute atomic E-state index is 13.0. The highest BCUT2D eigenvalue weighted by Gasteiger charge is 2.34. The van der Waals surface area contributed by atoms with Crippen LogP contribution in [0.25, 0.3) is 11.1 Å². The Morgan fingerprint density at radius 1 is 0.971 bits per heavy atom. The third kappa shape index (κ3) is 6.28. The molecule has 0 amide bonds. The molecule has 1 atom stereocenters. The number of rotatable bonds is 9. The smallest absolute Gasteiger partial charge is 0.322 e. The van der Waals surface area contributed by atoms with Crippen molar-refractivity contribution in [2.24, 2.45) is 5.92 Å². The average Bonchev–Trinajstić information content (AvgIpc) is 2.88. The number of ether oxygens (including phenoxy) is 1. The van der Waals surface area contributed by atoms with Gasteiger partial charge in [-0.2, -0.15) is 4.72 Å². The molecule has 1 unspecified atom stereocenters. The molecule has 0 radical (unpaired) electrons. The van der Waals surface area contributed by atoms with Gasteiger partial charge in [0.25, 0.3) is 0 Å². The van der Waals surface area contributed by atoms with Crippen LogP contribution < -0.4 is 9.46 Å². The van der Waals surface area contributed by atoms with Crippen molar-refractivity contribution in [2.75, 3.05) is 20.2 Å². The van der Waals surface area contributed by atoms with Gasteiger partial charge in [0.2, 0.25) is 10.0 Å². The lowest BCUT2D eigenvalue weighted by Crippen LogP contribution is -2.49. The molecule has 184 valence electrons. The summed E-state index contributed by atoms with van der Waals surface area (Å²) in [6, 6.07) is 22.9. The van der Waals surface area contributed by atoms with Crippen molar-refractivity contribution in [3.05, 3.63) is 84.4 Å². The Labute approximate surface area is 206 Å². The molecular weight excluding hydrogens is 464 g/mol. The highest BCUT2D eigenvalue weighted by atomic mass is 32.2. The molecule has 1 saturated heterocycles. The first kappa shape index (κ1) is 24.9. The van der Waals surface area contributed by atoms with E-state index in [-0.39, 0.29) is 10.8 Å². The zero-order valence-corrected chi connectivity index (χ0v) is 20.4. The van der Waals surface area contributed by atoms with Crippen molar-refractivity contribution in [1.82, 2.24) is 9.62 Å². The molecule has 1 fully saturated rings. The lowest BCUT2D eigenvalue weighted by molar-refractivity contribution is -0.140. The first-order valence-electron chi connectivity index (χ1n) is 11.6. The molecule has 1 aliphatic rings. The first-order valence-corrected chi connectivity index (χ1v) is 13.1. The van der Waals surface area contributed by atoms with Crippen molar-refractivity contribution in [3.8, 4) is 16.9 Å². The number of carboxylic acids is 1. The summed E-state index contributed by atoms with van der Waals surface area (Å²) in [5.74, 6) is -0.680. The minimum atomic E-state index is -3.99. The highest BCUT2D eigenvalue weighted by molar-refractivity contribution is 7.89. The monoisotopic (exact) mass is 494 g/mol. The summed E-state index contributed by atoms with van der Waals surface area (Å²) in [6.45, 7) is 2.25. The number of sulfonamides is 1. The van der Waals surface area contributed by atoms with E-state index in [2.05, 4.69) is 21.8 Å². The van der Waals surface area contributed by atoms with Gasteiger partial charge in [0.05, 0.1) is 12.0 Å². The number of carboxylic acid groups (broad SMARTS) is 1. The first-order chi connectivity index (χ1) is 16.9. The molecule has 1 heterocycles. The number of piperidine rings is 1. The molecule has 3 aromatic rings. The summed E-state index contributed by atoms with van der Waals surface area (Å²) in [5, 5.41) is 9.82. The van der Waals surface area contributed by atoms with Gasteiger partial charge in [-0.05, 0) is 72.8 Å². The Bertz CT molecular complexity index is 1220. The molecule has 0 bridgehead atoms. The van der Waals surface area contributed by atoms with Crippen molar-refractivity contribution >= 4 is 16.0 Å². The average molecular weight is 495 g/mol. The highest BCUT2D eigenvalue weighted by Crippen LogP contribution is 2.26. The second kappa shape index (κ2) is 11.0. The summed E-state index contributed by atoms with van der Waals surface area (Å²) >= 11 is 0. The lowest BCUT2D eigenvalue weighted by atomic mass is 9.90. The molecule has 1 aliphatic heterocycles. The molecule has 4 rings (SSSR count). The minimum absolute atomic E-state index is 0.0440. The molecule has 8 heteroatoms. The zero-order chi connectivity index (χ0) is 24.8. The molecule has 0 aliphatic carbocycles. The van der Waals surface area contributed by atoms with Crippen LogP contribution in [0.15, 0.2) is 83.8 Å². The van der Waals surface area contributed by atoms with E-state index in [1.54, 1.807) is 19.2 Å². The van der Waals surface area contributed by atoms with Crippen LogP contribution in [-0.4, -0.2) is 50.6 Å². The normalized spacial score (nSPS) is 16.0. The number of carbonyl (C=O) groups is 1. The number of hydrogen-bond acceptors (Lipinski definition) is 5. The quantitative estimate of drug-likeness (QED) is 0.467. The third-order valence-corrected chi connectivity index (χ3v) is 7.95. The van der Waals surface area contributed by atoms with Gasteiger partial charge >= 0.3 is 5.97 Å². The van der Waals surface area contributed by atoms with E-state index in [4.69, 9.17) is 4.74 Å². The van der Waals surface area contributed by atoms with Gasteiger partial charge in [-0.15, -0.1) is 0 Å². The second-order valence-corrected chi connectivity index (χ2v) is 10.5. The van der Waals surface area contributed by atoms with Crippen LogP contribution in [0.3, 0.4) is 0 Å². The van der Waals surface area contributed by atoms with E-state index in [1.807, 2.05) is 42.5 Å². The van der Waals surface area contributed by atoms with Crippen molar-refractivity contribution in [3.63, 3.8) is 0 Å². The van der Waals surface area contributed by atoms with Gasteiger partial charge < -0.3 is 9.84 Å². The number of likely N-dealkylation sites (tertiary alicyclic amines) is 1. The number of nitrogens with zero attached hydrogens (tertiary/aromatic N) is 1. The molecule has 3 aromatic carbocycles. The van der Waals surface area contributed by atoms with Crippen LogP contribution >= 0.6 is 0 Å². The van der Waals surface area contributed by atoms with Crippen molar-refractivity contribution in [1.29, 1.82) is 0 Å². The predicted molar refractivity (Wildman–Crippen MR) is 135 cm³/mol. The van der Waals surface area contributed by atoms with Crippen LogP contribution in [0.5, 0.6) is 5.75 Å². The second-order valence-electron chi connectivity index (χ2n) is 8.79. The summed E-state index contributed by atoms with van der Waals surface area (Å²) in [5.41, 5.74) is 2.99. The topological polar surface area (TPSA) is 95.9 Å². The number of nitrogens with one attached hydrogen (secondary N) is 1. The molecular formula is C27H30N2O5S. The Balaban J connectivity index is 1.40. The maximum atomic E-state index is 13.0. The number of methoxy groups -OCH3 is 1. The van der Waals surface area contributed by atoms with Crippen molar-refractivity contribution in [2.45, 2.75) is 30.3 Å². The Kier molecular flexibility index (Phi) is 7.85. The minimum Gasteiger partial charge on any atom is -0.497 e. The van der Waals surface area contributed by atoms with Gasteiger partial charge in [-0.1, -0.05) is 54.6 Å². The van der Waals surface area contributed by atoms with Gasteiger partial charge in [0.1, 0.15) is 11.8 Å². The van der Waals surface area contributed by atoms with E-state index >= 15 is 0 Å². The number of benzene rings is 3. The molecule has 0 saturated carbocycles. The van der Waals surface area contributed by atoms with Crippen LogP contribution in [0.2, 0.25) is 0 Å². The summed E-state index contributed by atoms with van der Waals surface area (Å²) in [6.07, 6.45) is 1.23. The predicted octanol–water partition coefficient (Wildman–Crippen LogP) is 4.01. The van der Waals surface area contributed by atoms with E-state index in [9.17, 15) is 18.3 Å². The molecule has 0 spiro atoms. The van der Waals surface area contributed by atoms with Crippen LogP contribution in [-0.2, 0) is 21.4 Å². The van der Waals surface area contributed by atoms with Gasteiger partial charge in [-0.3, -0.25) is 9.69 Å². The largest absolute Gasteiger partial charge is 0.497 e. The van der Waals surface area contributed by atoms with Crippen LogP contribution in [0.4, 0.5) is 0 Å². The molecule has 0 aromatic heterocycles. The maximum Gasteiger partial charge on any atom is 0.322 e. The Morgan fingerprint density at radius 2 is 1.54 bits per heavy atom. The van der Waals surface area contributed by atoms with Crippen molar-refractivity contribution < 1.29 is 23.1 Å². The Hall–Kier alpha value is -3.20. The molecule has 2 N–H and O–H groups in total. The number of hydrogen-bond donors (Lipinski definition) is 2. The fraction of sp³-hybridized carbons (Fsp3) is 0.296. The molecule has 7 nitrogen and oxygen atoms in total. The summed E-state index contributed by atoms with van der Waals surface area (Å²) in [4.78, 5) is 14.3.